The Bertz CT molecular complexity index is 811. The number of anilines is 1. The van der Waals surface area contributed by atoms with Crippen molar-refractivity contribution in [1.82, 2.24) is 10.1 Å². The number of nitrogens with zero attached hydrogens (tertiary/aromatic N) is 2. The Hall–Kier alpha value is -2.60. The van der Waals surface area contributed by atoms with Crippen molar-refractivity contribution in [2.24, 2.45) is 0 Å². The lowest BCUT2D eigenvalue weighted by Gasteiger charge is -2.02. The van der Waals surface area contributed by atoms with E-state index in [1.165, 1.54) is 0 Å². The van der Waals surface area contributed by atoms with Gasteiger partial charge >= 0.3 is 0 Å². The van der Waals surface area contributed by atoms with Crippen LogP contribution in [0.4, 0.5) is 5.69 Å². The predicted molar refractivity (Wildman–Crippen MR) is 90.6 cm³/mol. The van der Waals surface area contributed by atoms with Gasteiger partial charge in [0.2, 0.25) is 5.76 Å². The summed E-state index contributed by atoms with van der Waals surface area (Å²) in [6.07, 6.45) is 3.56. The highest BCUT2D eigenvalue weighted by Crippen LogP contribution is 2.20. The maximum absolute atomic E-state index is 12.2. The van der Waals surface area contributed by atoms with E-state index in [1.807, 2.05) is 43.5 Å². The molecule has 0 saturated heterocycles. The molecule has 2 heterocycles. The zero-order valence-electron chi connectivity index (χ0n) is 12.7. The molecule has 6 heteroatoms. The van der Waals surface area contributed by atoms with Crippen LogP contribution in [0.25, 0.3) is 11.3 Å². The van der Waals surface area contributed by atoms with Crippen LogP contribution < -0.4 is 5.32 Å². The molecule has 3 aromatic rings. The highest BCUT2D eigenvalue weighted by atomic mass is 32.2. The lowest BCUT2D eigenvalue weighted by molar-refractivity contribution is 0.0988. The number of benzene rings is 1. The van der Waals surface area contributed by atoms with Crippen molar-refractivity contribution >= 4 is 23.4 Å². The van der Waals surface area contributed by atoms with E-state index in [4.69, 9.17) is 4.52 Å². The Balaban J connectivity index is 1.74. The fraction of sp³-hybridized carbons (Fsp3) is 0.118. The number of aryl methyl sites for hydroxylation is 1. The van der Waals surface area contributed by atoms with Gasteiger partial charge in [-0.2, -0.15) is 0 Å². The number of hydrogen-bond acceptors (Lipinski definition) is 5. The third kappa shape index (κ3) is 3.60. The van der Waals surface area contributed by atoms with Crippen LogP contribution >= 0.6 is 11.8 Å². The standard InChI is InChI=1S/C17H15N3O2S/c1-11-3-5-12(6-4-11)14-9-15(22-20-14)17(21)19-13-7-8-16(23-2)18-10-13/h3-10H,1-2H3,(H,19,21). The summed E-state index contributed by atoms with van der Waals surface area (Å²) in [5.74, 6) is -0.191. The zero-order valence-corrected chi connectivity index (χ0v) is 13.6. The second-order valence-electron chi connectivity index (χ2n) is 4.99. The molecular formula is C17H15N3O2S. The van der Waals surface area contributed by atoms with E-state index in [9.17, 15) is 4.79 Å². The first-order valence-corrected chi connectivity index (χ1v) is 8.23. The molecule has 0 fully saturated rings. The fourth-order valence-electron chi connectivity index (χ4n) is 2.01. The highest BCUT2D eigenvalue weighted by molar-refractivity contribution is 7.98. The van der Waals surface area contributed by atoms with Crippen LogP contribution in [0.15, 0.2) is 58.2 Å². The van der Waals surface area contributed by atoms with Gasteiger partial charge in [0, 0.05) is 11.6 Å². The van der Waals surface area contributed by atoms with Crippen LogP contribution in [0.3, 0.4) is 0 Å². The summed E-state index contributed by atoms with van der Waals surface area (Å²) in [7, 11) is 0. The number of carbonyl (C=O) groups is 1. The number of carbonyl (C=O) groups excluding carboxylic acids is 1. The van der Waals surface area contributed by atoms with Crippen molar-refractivity contribution in [1.29, 1.82) is 0 Å². The molecule has 1 N–H and O–H groups in total. The first-order chi connectivity index (χ1) is 11.2. The summed E-state index contributed by atoms with van der Waals surface area (Å²) in [4.78, 5) is 16.4. The molecule has 0 aliphatic rings. The van der Waals surface area contributed by atoms with Crippen LogP contribution in [0.1, 0.15) is 16.1 Å². The van der Waals surface area contributed by atoms with Crippen LogP contribution in [0.5, 0.6) is 0 Å². The molecule has 0 unspecified atom stereocenters. The van der Waals surface area contributed by atoms with Crippen molar-refractivity contribution in [3.8, 4) is 11.3 Å². The molecule has 5 nitrogen and oxygen atoms in total. The summed E-state index contributed by atoms with van der Waals surface area (Å²) in [6.45, 7) is 2.02. The van der Waals surface area contributed by atoms with E-state index in [1.54, 1.807) is 30.1 Å². The molecule has 1 amide bonds. The molecule has 0 aliphatic heterocycles. The molecule has 23 heavy (non-hydrogen) atoms. The molecule has 116 valence electrons. The van der Waals surface area contributed by atoms with Crippen LogP contribution in [-0.4, -0.2) is 22.3 Å². The van der Waals surface area contributed by atoms with Crippen molar-refractivity contribution in [2.45, 2.75) is 11.9 Å². The molecule has 0 saturated carbocycles. The zero-order chi connectivity index (χ0) is 16.2. The maximum Gasteiger partial charge on any atom is 0.294 e. The van der Waals surface area contributed by atoms with Gasteiger partial charge in [-0.15, -0.1) is 11.8 Å². The number of hydrogen-bond donors (Lipinski definition) is 1. The largest absolute Gasteiger partial charge is 0.350 e. The number of amides is 1. The molecule has 3 rings (SSSR count). The molecule has 0 aliphatic carbocycles. The van der Waals surface area contributed by atoms with Gasteiger partial charge in [-0.25, -0.2) is 4.98 Å². The van der Waals surface area contributed by atoms with Crippen molar-refractivity contribution in [2.75, 3.05) is 11.6 Å². The van der Waals surface area contributed by atoms with Gasteiger partial charge in [-0.1, -0.05) is 35.0 Å². The second-order valence-corrected chi connectivity index (χ2v) is 5.81. The number of rotatable bonds is 4. The molecule has 0 atom stereocenters. The molecule has 0 spiro atoms. The summed E-state index contributed by atoms with van der Waals surface area (Å²) < 4.78 is 5.14. The topological polar surface area (TPSA) is 68.0 Å². The quantitative estimate of drug-likeness (QED) is 0.734. The summed E-state index contributed by atoms with van der Waals surface area (Å²) in [5, 5.41) is 7.58. The molecule has 0 bridgehead atoms. The van der Waals surface area contributed by atoms with Gasteiger partial charge in [0.15, 0.2) is 0 Å². The average Bonchev–Trinajstić information content (AvgIpc) is 3.06. The van der Waals surface area contributed by atoms with Crippen molar-refractivity contribution in [3.05, 3.63) is 60.0 Å². The fourth-order valence-corrected chi connectivity index (χ4v) is 2.37. The normalized spacial score (nSPS) is 10.5. The first kappa shape index (κ1) is 15.3. The van der Waals surface area contributed by atoms with E-state index < -0.39 is 0 Å². The SMILES string of the molecule is CSc1ccc(NC(=O)c2cc(-c3ccc(C)cc3)no2)cn1. The number of thioether (sulfide) groups is 1. The smallest absolute Gasteiger partial charge is 0.294 e. The lowest BCUT2D eigenvalue weighted by Crippen LogP contribution is -2.11. The van der Waals surface area contributed by atoms with E-state index in [-0.39, 0.29) is 11.7 Å². The van der Waals surface area contributed by atoms with Crippen LogP contribution in [0, 0.1) is 6.92 Å². The van der Waals surface area contributed by atoms with Crippen molar-refractivity contribution < 1.29 is 9.32 Å². The molecule has 2 aromatic heterocycles. The van der Waals surface area contributed by atoms with Crippen molar-refractivity contribution in [3.63, 3.8) is 0 Å². The predicted octanol–water partition coefficient (Wildman–Crippen LogP) is 4.02. The highest BCUT2D eigenvalue weighted by Gasteiger charge is 2.14. The second kappa shape index (κ2) is 6.66. The van der Waals surface area contributed by atoms with Gasteiger partial charge in [0.25, 0.3) is 5.91 Å². The lowest BCUT2D eigenvalue weighted by atomic mass is 10.1. The Labute approximate surface area is 138 Å². The first-order valence-electron chi connectivity index (χ1n) is 7.01. The summed E-state index contributed by atoms with van der Waals surface area (Å²) in [6, 6.07) is 13.1. The van der Waals surface area contributed by atoms with E-state index >= 15 is 0 Å². The summed E-state index contributed by atoms with van der Waals surface area (Å²) >= 11 is 1.54. The Morgan fingerprint density at radius 1 is 1.17 bits per heavy atom. The third-order valence-corrected chi connectivity index (χ3v) is 3.94. The minimum atomic E-state index is -0.352. The van der Waals surface area contributed by atoms with E-state index in [0.29, 0.717) is 11.4 Å². The van der Waals surface area contributed by atoms with Gasteiger partial charge in [0.1, 0.15) is 5.69 Å². The Morgan fingerprint density at radius 3 is 2.61 bits per heavy atom. The van der Waals surface area contributed by atoms with Crippen LogP contribution in [-0.2, 0) is 0 Å². The summed E-state index contributed by atoms with van der Waals surface area (Å²) in [5.41, 5.74) is 3.31. The Morgan fingerprint density at radius 2 is 1.96 bits per heavy atom. The van der Waals surface area contributed by atoms with E-state index in [2.05, 4.69) is 15.5 Å². The number of nitrogens with one attached hydrogen (secondary N) is 1. The number of pyridine rings is 1. The van der Waals surface area contributed by atoms with E-state index in [0.717, 1.165) is 16.2 Å². The minimum absolute atomic E-state index is 0.162. The maximum atomic E-state index is 12.2. The van der Waals surface area contributed by atoms with Gasteiger partial charge in [-0.05, 0) is 25.3 Å². The van der Waals surface area contributed by atoms with Crippen LogP contribution in [0.2, 0.25) is 0 Å². The average molecular weight is 325 g/mol. The van der Waals surface area contributed by atoms with Gasteiger partial charge in [-0.3, -0.25) is 4.79 Å². The van der Waals surface area contributed by atoms with Gasteiger partial charge < -0.3 is 9.84 Å². The number of aromatic nitrogens is 2. The molecule has 1 aromatic carbocycles. The molecular weight excluding hydrogens is 310 g/mol. The monoisotopic (exact) mass is 325 g/mol. The third-order valence-electron chi connectivity index (χ3n) is 3.28. The molecule has 0 radical (unpaired) electrons. The Kier molecular flexibility index (Phi) is 4.43. The van der Waals surface area contributed by atoms with Gasteiger partial charge in [0.05, 0.1) is 16.9 Å². The minimum Gasteiger partial charge on any atom is -0.350 e.